The van der Waals surface area contributed by atoms with Gasteiger partial charge in [-0.2, -0.15) is 0 Å². The molecule has 1 aliphatic heterocycles. The van der Waals surface area contributed by atoms with Crippen molar-refractivity contribution in [1.82, 2.24) is 9.13 Å². The van der Waals surface area contributed by atoms with E-state index in [0.717, 1.165) is 0 Å². The molecule has 0 N–H and O–H groups in total. The molecule has 0 spiro atoms. The molecule has 0 bridgehead atoms. The zero-order valence-corrected chi connectivity index (χ0v) is 22.5. The average Bonchev–Trinajstić information content (AvgIpc) is 3.14. The minimum absolute atomic E-state index is 0.0582. The first-order valence-corrected chi connectivity index (χ1v) is 12.4. The van der Waals surface area contributed by atoms with Crippen molar-refractivity contribution in [2.45, 2.75) is 45.3 Å². The first-order chi connectivity index (χ1) is 17.6. The Bertz CT molecular complexity index is 1490. The summed E-state index contributed by atoms with van der Waals surface area (Å²) in [6.07, 6.45) is -4.38. The predicted octanol–water partition coefficient (Wildman–Crippen LogP) is 3.61. The van der Waals surface area contributed by atoms with Crippen LogP contribution in [-0.2, 0) is 33.3 Å². The van der Waals surface area contributed by atoms with Crippen LogP contribution >= 0.6 is 28.1 Å². The minimum atomic E-state index is -1.16. The van der Waals surface area contributed by atoms with Crippen molar-refractivity contribution in [2.75, 3.05) is 6.61 Å². The number of aromatic nitrogens is 2. The second kappa shape index (κ2) is 11.0. The summed E-state index contributed by atoms with van der Waals surface area (Å²) >= 11 is 9.21. The molecule has 1 saturated heterocycles. The normalized spacial score (nSPS) is 21.0. The number of halogens is 1. The maximum atomic E-state index is 13.6. The van der Waals surface area contributed by atoms with Gasteiger partial charge in [0, 0.05) is 25.2 Å². The molecule has 1 fully saturated rings. The second-order valence-corrected chi connectivity index (χ2v) is 9.59. The Morgan fingerprint density at radius 3 is 2.24 bits per heavy atom. The summed E-state index contributed by atoms with van der Waals surface area (Å²) in [4.78, 5) is 49.2. The molecule has 2 heterocycles. The fraction of sp³-hybridized carbons (Fsp3) is 0.320. The Balaban J connectivity index is 1.99. The molecule has 4 unspecified atom stereocenters. The molecule has 4 atom stereocenters. The van der Waals surface area contributed by atoms with Gasteiger partial charge in [-0.25, -0.2) is 0 Å². The van der Waals surface area contributed by atoms with Gasteiger partial charge in [-0.15, -0.1) is 0 Å². The fourth-order valence-corrected chi connectivity index (χ4v) is 5.01. The third-order valence-corrected chi connectivity index (χ3v) is 6.53. The molecular weight excluding hydrogens is 568 g/mol. The van der Waals surface area contributed by atoms with Gasteiger partial charge in [0.1, 0.15) is 12.7 Å². The van der Waals surface area contributed by atoms with E-state index < -0.39 is 42.4 Å². The van der Waals surface area contributed by atoms with Crippen molar-refractivity contribution < 1.29 is 33.3 Å². The van der Waals surface area contributed by atoms with E-state index >= 15 is 0 Å². The molecule has 3 aromatic rings. The number of hydrogen-bond acceptors (Lipinski definition) is 9. The molecule has 10 nitrogen and oxygen atoms in total. The number of carbonyl (C=O) groups excluding carboxylic acids is 3. The number of nitrogens with zero attached hydrogens (tertiary/aromatic N) is 2. The molecule has 1 aliphatic rings. The Morgan fingerprint density at radius 2 is 1.62 bits per heavy atom. The summed E-state index contributed by atoms with van der Waals surface area (Å²) in [5.41, 5.74) is 0.559. The summed E-state index contributed by atoms with van der Waals surface area (Å²) in [7, 11) is 0. The number of esters is 3. The van der Waals surface area contributed by atoms with Gasteiger partial charge in [-0.05, 0) is 42.5 Å². The predicted molar refractivity (Wildman–Crippen MR) is 138 cm³/mol. The van der Waals surface area contributed by atoms with Crippen LogP contribution in [0.1, 0.15) is 27.0 Å². The van der Waals surface area contributed by atoms with Crippen molar-refractivity contribution in [1.29, 1.82) is 0 Å². The maximum Gasteiger partial charge on any atom is 0.303 e. The van der Waals surface area contributed by atoms with Crippen molar-refractivity contribution in [2.24, 2.45) is 0 Å². The average molecular weight is 591 g/mol. The number of fused-ring (bicyclic) bond motifs is 1. The van der Waals surface area contributed by atoms with E-state index in [-0.39, 0.29) is 16.9 Å². The van der Waals surface area contributed by atoms with E-state index in [1.165, 1.54) is 25.3 Å². The van der Waals surface area contributed by atoms with Gasteiger partial charge < -0.3 is 18.9 Å². The molecule has 194 valence electrons. The van der Waals surface area contributed by atoms with Gasteiger partial charge in [-0.1, -0.05) is 34.1 Å². The maximum absolute atomic E-state index is 13.6. The van der Waals surface area contributed by atoms with Crippen LogP contribution in [0.15, 0.2) is 57.8 Å². The van der Waals surface area contributed by atoms with Gasteiger partial charge in [-0.3, -0.25) is 28.3 Å². The molecule has 0 amide bonds. The number of para-hydroxylation sites is 1. The number of benzene rings is 2. The Labute approximate surface area is 224 Å². The zero-order valence-electron chi connectivity index (χ0n) is 20.1. The topological polar surface area (TPSA) is 115 Å². The van der Waals surface area contributed by atoms with E-state index in [9.17, 15) is 19.2 Å². The highest BCUT2D eigenvalue weighted by atomic mass is 79.9. The van der Waals surface area contributed by atoms with Crippen LogP contribution in [0.5, 0.6) is 0 Å². The van der Waals surface area contributed by atoms with Gasteiger partial charge in [0.15, 0.2) is 23.2 Å². The first kappa shape index (κ1) is 26.7. The zero-order chi connectivity index (χ0) is 26.9. The van der Waals surface area contributed by atoms with Gasteiger partial charge >= 0.3 is 17.9 Å². The smallest absolute Gasteiger partial charge is 0.303 e. The third-order valence-electron chi connectivity index (χ3n) is 5.66. The molecule has 4 rings (SSSR count). The molecule has 0 aliphatic carbocycles. The molecular formula is C25H23BrN2O8S. The number of carbonyl (C=O) groups is 3. The lowest BCUT2D eigenvalue weighted by Crippen LogP contribution is -2.41. The van der Waals surface area contributed by atoms with Crippen LogP contribution in [0.4, 0.5) is 0 Å². The van der Waals surface area contributed by atoms with Crippen molar-refractivity contribution in [3.8, 4) is 5.69 Å². The van der Waals surface area contributed by atoms with E-state index in [2.05, 4.69) is 15.9 Å². The van der Waals surface area contributed by atoms with Gasteiger partial charge in [0.25, 0.3) is 5.56 Å². The van der Waals surface area contributed by atoms with E-state index in [1.54, 1.807) is 47.0 Å². The number of ether oxygens (including phenoxy) is 4. The van der Waals surface area contributed by atoms with Crippen LogP contribution in [0.3, 0.4) is 0 Å². The highest BCUT2D eigenvalue weighted by molar-refractivity contribution is 9.10. The lowest BCUT2D eigenvalue weighted by atomic mass is 10.1. The number of hydrogen-bond donors (Lipinski definition) is 0. The van der Waals surface area contributed by atoms with Gasteiger partial charge in [0.05, 0.1) is 16.6 Å². The quantitative estimate of drug-likeness (QED) is 0.241. The molecule has 37 heavy (non-hydrogen) atoms. The standard InChI is InChI=1S/C25H23BrN2O8S/c1-13(29)33-12-20-21(34-14(2)30)22(35-15(3)31)24(36-20)28-19-10-9-16(26)11-18(19)23(32)27(25(28)37)17-7-5-4-6-8-17/h4-11,20-22,24H,12H2,1-3H3. The van der Waals surface area contributed by atoms with E-state index in [0.29, 0.717) is 21.1 Å². The van der Waals surface area contributed by atoms with E-state index in [4.69, 9.17) is 31.2 Å². The lowest BCUT2D eigenvalue weighted by molar-refractivity contribution is -0.166. The van der Waals surface area contributed by atoms with Crippen LogP contribution < -0.4 is 5.56 Å². The first-order valence-electron chi connectivity index (χ1n) is 11.2. The molecule has 1 aromatic heterocycles. The largest absolute Gasteiger partial charge is 0.463 e. The lowest BCUT2D eigenvalue weighted by Gasteiger charge is -2.26. The monoisotopic (exact) mass is 590 g/mol. The van der Waals surface area contributed by atoms with Crippen LogP contribution in [0.2, 0.25) is 0 Å². The summed E-state index contributed by atoms with van der Waals surface area (Å²) in [6.45, 7) is 3.38. The van der Waals surface area contributed by atoms with Crippen LogP contribution in [0.25, 0.3) is 16.6 Å². The number of rotatable bonds is 6. The Kier molecular flexibility index (Phi) is 7.90. The highest BCUT2D eigenvalue weighted by Gasteiger charge is 2.51. The Hall–Kier alpha value is -3.35. The third kappa shape index (κ3) is 5.50. The molecule has 0 radical (unpaired) electrons. The second-order valence-electron chi connectivity index (χ2n) is 8.31. The molecule has 12 heteroatoms. The summed E-state index contributed by atoms with van der Waals surface area (Å²) in [5, 5.41) is 0.310. The Morgan fingerprint density at radius 1 is 0.973 bits per heavy atom. The summed E-state index contributed by atoms with van der Waals surface area (Å²) in [5.74, 6) is -1.87. The van der Waals surface area contributed by atoms with Crippen molar-refractivity contribution in [3.05, 3.63) is 68.1 Å². The van der Waals surface area contributed by atoms with E-state index in [1.807, 2.05) is 6.07 Å². The minimum Gasteiger partial charge on any atom is -0.463 e. The SMILES string of the molecule is CC(=O)OCC1OC(n2c(=S)n(-c3ccccc3)c(=O)c3cc(Br)ccc32)C(OC(C)=O)C1OC(C)=O. The van der Waals surface area contributed by atoms with Crippen molar-refractivity contribution >= 4 is 57.0 Å². The van der Waals surface area contributed by atoms with Crippen LogP contribution in [0, 0.1) is 4.77 Å². The fourth-order valence-electron chi connectivity index (χ4n) is 4.26. The van der Waals surface area contributed by atoms with Crippen LogP contribution in [-0.4, -0.2) is 52.0 Å². The molecule has 0 saturated carbocycles. The molecule has 2 aromatic carbocycles. The van der Waals surface area contributed by atoms with Gasteiger partial charge in [0.2, 0.25) is 0 Å². The summed E-state index contributed by atoms with van der Waals surface area (Å²) < 4.78 is 26.0. The van der Waals surface area contributed by atoms with Crippen molar-refractivity contribution in [3.63, 3.8) is 0 Å². The summed E-state index contributed by atoms with van der Waals surface area (Å²) in [6, 6.07) is 13.9. The highest BCUT2D eigenvalue weighted by Crippen LogP contribution is 2.36.